The number of aliphatic hydroxyl groups is 1. The van der Waals surface area contributed by atoms with Gasteiger partial charge in [0, 0.05) is 6.04 Å². The largest absolute Gasteiger partial charge is 0.384 e. The Morgan fingerprint density at radius 1 is 1.26 bits per heavy atom. The van der Waals surface area contributed by atoms with E-state index in [9.17, 15) is 9.90 Å². The van der Waals surface area contributed by atoms with Gasteiger partial charge in [-0.25, -0.2) is 4.79 Å². The topological polar surface area (TPSA) is 61.4 Å². The maximum absolute atomic E-state index is 11.7. The average molecular weight is 264 g/mol. The first-order valence-corrected chi connectivity index (χ1v) is 6.81. The summed E-state index contributed by atoms with van der Waals surface area (Å²) >= 11 is 0. The van der Waals surface area contributed by atoms with Crippen LogP contribution in [-0.4, -0.2) is 23.7 Å². The third kappa shape index (κ3) is 4.91. The van der Waals surface area contributed by atoms with Crippen LogP contribution >= 0.6 is 0 Å². The molecule has 0 saturated heterocycles. The molecule has 4 heteroatoms. The molecule has 0 aliphatic heterocycles. The molecule has 1 aromatic rings. The molecule has 0 bridgehead atoms. The molecule has 1 atom stereocenters. The first kappa shape index (κ1) is 15.5. The highest BCUT2D eigenvalue weighted by molar-refractivity contribution is 5.74. The Balaban J connectivity index is 2.49. The van der Waals surface area contributed by atoms with Crippen molar-refractivity contribution >= 4 is 6.03 Å². The summed E-state index contributed by atoms with van der Waals surface area (Å²) in [7, 11) is 0. The zero-order valence-electron chi connectivity index (χ0n) is 11.9. The monoisotopic (exact) mass is 264 g/mol. The summed E-state index contributed by atoms with van der Waals surface area (Å²) in [5.74, 6) is 0. The highest BCUT2D eigenvalue weighted by Crippen LogP contribution is 2.18. The van der Waals surface area contributed by atoms with E-state index in [0.29, 0.717) is 0 Å². The molecule has 0 radical (unpaired) electrons. The van der Waals surface area contributed by atoms with E-state index in [1.807, 2.05) is 44.2 Å². The van der Waals surface area contributed by atoms with E-state index in [0.717, 1.165) is 18.4 Å². The summed E-state index contributed by atoms with van der Waals surface area (Å²) in [4.78, 5) is 11.7. The molecule has 4 nitrogen and oxygen atoms in total. The molecule has 1 aromatic carbocycles. The first-order valence-electron chi connectivity index (χ1n) is 6.81. The molecule has 1 unspecified atom stereocenters. The Bertz CT molecular complexity index is 386. The number of hydrogen-bond acceptors (Lipinski definition) is 2. The van der Waals surface area contributed by atoms with Crippen LogP contribution in [0.1, 0.15) is 39.2 Å². The molecule has 0 aliphatic rings. The van der Waals surface area contributed by atoms with Crippen LogP contribution < -0.4 is 10.6 Å². The van der Waals surface area contributed by atoms with Crippen molar-refractivity contribution < 1.29 is 9.90 Å². The van der Waals surface area contributed by atoms with Gasteiger partial charge in [-0.15, -0.1) is 0 Å². The first-order chi connectivity index (χ1) is 8.99. The van der Waals surface area contributed by atoms with E-state index < -0.39 is 5.60 Å². The molecule has 19 heavy (non-hydrogen) atoms. The van der Waals surface area contributed by atoms with E-state index >= 15 is 0 Å². The van der Waals surface area contributed by atoms with Crippen molar-refractivity contribution in [2.75, 3.05) is 6.54 Å². The van der Waals surface area contributed by atoms with Crippen molar-refractivity contribution in [3.8, 4) is 0 Å². The Morgan fingerprint density at radius 2 is 1.84 bits per heavy atom. The van der Waals surface area contributed by atoms with Gasteiger partial charge < -0.3 is 15.7 Å². The fraction of sp³-hybridized carbons (Fsp3) is 0.533. The normalized spacial score (nSPS) is 13.9. The Kier molecular flexibility index (Phi) is 5.83. The number of benzene rings is 1. The summed E-state index contributed by atoms with van der Waals surface area (Å²) in [6.07, 6.45) is 1.80. The average Bonchev–Trinajstić information content (AvgIpc) is 2.43. The molecular formula is C15H24N2O2. The molecule has 0 spiro atoms. The van der Waals surface area contributed by atoms with Gasteiger partial charge in [0.2, 0.25) is 0 Å². The van der Waals surface area contributed by atoms with E-state index in [2.05, 4.69) is 10.6 Å². The molecule has 3 N–H and O–H groups in total. The third-order valence-electron chi connectivity index (χ3n) is 3.31. The van der Waals surface area contributed by atoms with E-state index in [-0.39, 0.29) is 18.6 Å². The third-order valence-corrected chi connectivity index (χ3v) is 3.31. The maximum atomic E-state index is 11.7. The number of nitrogens with one attached hydrogen (secondary N) is 2. The van der Waals surface area contributed by atoms with Crippen LogP contribution in [0.15, 0.2) is 30.3 Å². The van der Waals surface area contributed by atoms with Crippen molar-refractivity contribution in [3.05, 3.63) is 35.9 Å². The zero-order valence-corrected chi connectivity index (χ0v) is 11.9. The van der Waals surface area contributed by atoms with Crippen molar-refractivity contribution in [3.63, 3.8) is 0 Å². The van der Waals surface area contributed by atoms with Gasteiger partial charge in [-0.1, -0.05) is 44.2 Å². The zero-order chi connectivity index (χ0) is 14.3. The van der Waals surface area contributed by atoms with Crippen molar-refractivity contribution in [2.45, 2.75) is 45.3 Å². The van der Waals surface area contributed by atoms with Gasteiger partial charge in [0.25, 0.3) is 0 Å². The number of hydrogen-bond donors (Lipinski definition) is 3. The van der Waals surface area contributed by atoms with E-state index in [1.165, 1.54) is 0 Å². The minimum atomic E-state index is -1.06. The second kappa shape index (κ2) is 7.14. The quantitative estimate of drug-likeness (QED) is 0.738. The number of rotatable bonds is 6. The molecule has 0 fully saturated rings. The van der Waals surface area contributed by atoms with Gasteiger partial charge in [-0.3, -0.25) is 0 Å². The molecule has 0 saturated carbocycles. The molecule has 0 heterocycles. The van der Waals surface area contributed by atoms with Gasteiger partial charge in [0.15, 0.2) is 0 Å². The van der Waals surface area contributed by atoms with Crippen LogP contribution in [0.5, 0.6) is 0 Å². The Labute approximate surface area is 115 Å². The molecule has 0 aromatic heterocycles. The lowest BCUT2D eigenvalue weighted by molar-refractivity contribution is 0.0592. The minimum Gasteiger partial charge on any atom is -0.384 e. The molecular weight excluding hydrogens is 240 g/mol. The number of carbonyl (C=O) groups is 1. The lowest BCUT2D eigenvalue weighted by atomic mass is 9.96. The van der Waals surface area contributed by atoms with Crippen LogP contribution in [0.3, 0.4) is 0 Å². The summed E-state index contributed by atoms with van der Waals surface area (Å²) < 4.78 is 0. The summed E-state index contributed by atoms with van der Waals surface area (Å²) in [5, 5.41) is 15.9. The molecule has 2 amide bonds. The van der Waals surface area contributed by atoms with Gasteiger partial charge in [-0.05, 0) is 25.3 Å². The SMILES string of the molecule is CCC(CC)NC(=O)NCC(C)(O)c1ccccc1. The predicted octanol–water partition coefficient (Wildman–Crippen LogP) is 2.38. The lowest BCUT2D eigenvalue weighted by Gasteiger charge is -2.25. The van der Waals surface area contributed by atoms with Crippen LogP contribution in [-0.2, 0) is 5.60 Å². The maximum Gasteiger partial charge on any atom is 0.315 e. The van der Waals surface area contributed by atoms with Crippen LogP contribution in [0.4, 0.5) is 4.79 Å². The van der Waals surface area contributed by atoms with Crippen LogP contribution in [0, 0.1) is 0 Å². The van der Waals surface area contributed by atoms with Crippen LogP contribution in [0.2, 0.25) is 0 Å². The Morgan fingerprint density at radius 3 is 2.37 bits per heavy atom. The van der Waals surface area contributed by atoms with E-state index in [4.69, 9.17) is 0 Å². The number of amides is 2. The highest BCUT2D eigenvalue weighted by atomic mass is 16.3. The highest BCUT2D eigenvalue weighted by Gasteiger charge is 2.23. The smallest absolute Gasteiger partial charge is 0.315 e. The second-order valence-corrected chi connectivity index (χ2v) is 4.98. The van der Waals surface area contributed by atoms with Gasteiger partial charge in [-0.2, -0.15) is 0 Å². The fourth-order valence-corrected chi connectivity index (χ4v) is 1.88. The van der Waals surface area contributed by atoms with Gasteiger partial charge in [0.1, 0.15) is 5.60 Å². The standard InChI is InChI=1S/C15H24N2O2/c1-4-13(5-2)17-14(18)16-11-15(3,19)12-9-7-6-8-10-12/h6-10,13,19H,4-5,11H2,1-3H3,(H2,16,17,18). The molecule has 1 rings (SSSR count). The number of urea groups is 1. The summed E-state index contributed by atoms with van der Waals surface area (Å²) in [6.45, 7) is 5.95. The van der Waals surface area contributed by atoms with Gasteiger partial charge in [0.05, 0.1) is 6.54 Å². The van der Waals surface area contributed by atoms with Crippen molar-refractivity contribution in [1.29, 1.82) is 0 Å². The number of carbonyl (C=O) groups excluding carboxylic acids is 1. The van der Waals surface area contributed by atoms with Crippen molar-refractivity contribution in [2.24, 2.45) is 0 Å². The summed E-state index contributed by atoms with van der Waals surface area (Å²) in [5.41, 5.74) is -0.273. The molecule has 106 valence electrons. The fourth-order valence-electron chi connectivity index (χ4n) is 1.88. The Hall–Kier alpha value is -1.55. The van der Waals surface area contributed by atoms with E-state index in [1.54, 1.807) is 6.92 Å². The summed E-state index contributed by atoms with van der Waals surface area (Å²) in [6, 6.07) is 9.28. The van der Waals surface area contributed by atoms with Crippen molar-refractivity contribution in [1.82, 2.24) is 10.6 Å². The predicted molar refractivity (Wildman–Crippen MR) is 76.9 cm³/mol. The van der Waals surface area contributed by atoms with Crippen LogP contribution in [0.25, 0.3) is 0 Å². The lowest BCUT2D eigenvalue weighted by Crippen LogP contribution is -2.46. The molecule has 0 aliphatic carbocycles. The minimum absolute atomic E-state index is 0.182. The van der Waals surface area contributed by atoms with Gasteiger partial charge >= 0.3 is 6.03 Å². The second-order valence-electron chi connectivity index (χ2n) is 4.98.